The van der Waals surface area contributed by atoms with Crippen LogP contribution in [0.15, 0.2) is 30.3 Å². The SMILES string of the molecule is CCCCC(=O)N[C@@H](CCN)C(=O)N[C@@H](C(=O)N[C@@H](CCN)C(=O)N[C@H]1CCNC(=O)[C@@H]([C@@H](C)O)NC(=O)[C@H](CCN)NC(=O)[C@H](CCN)NC(=O)[C@H](CC(C)C)NC(=O)[C@@H](Cc2ccccc2)NC(=O)[C@H](CCN)NC1=O)[C@@H](C)O. The topological polar surface area (TPSA) is 491 Å². The van der Waals surface area contributed by atoms with Gasteiger partial charge in [-0.2, -0.15) is 0 Å². The van der Waals surface area contributed by atoms with Crippen LogP contribution in [-0.2, 0) is 59.2 Å². The average Bonchev–Trinajstić information content (AvgIpc) is 3.41. The van der Waals surface area contributed by atoms with Crippen molar-refractivity contribution in [2.45, 2.75) is 178 Å². The molecule has 1 heterocycles. The molecule has 1 aromatic rings. The Bertz CT molecular complexity index is 2230. The van der Waals surface area contributed by atoms with Gasteiger partial charge in [-0.15, -0.1) is 0 Å². The van der Waals surface area contributed by atoms with E-state index < -0.39 is 151 Å². The molecule has 0 unspecified atom stereocenters. The number of rotatable bonds is 26. The molecular formula is C52H90N16O13. The highest BCUT2D eigenvalue weighted by Crippen LogP contribution is 2.11. The molecule has 0 aromatic heterocycles. The molecule has 0 bridgehead atoms. The summed E-state index contributed by atoms with van der Waals surface area (Å²) in [6.45, 7) is 6.67. The molecule has 1 aliphatic heterocycles. The van der Waals surface area contributed by atoms with Crippen molar-refractivity contribution < 1.29 is 63.0 Å². The van der Waals surface area contributed by atoms with Crippen molar-refractivity contribution in [1.29, 1.82) is 0 Å². The normalized spacial score (nSPS) is 23.0. The van der Waals surface area contributed by atoms with Gasteiger partial charge in [-0.05, 0) is 109 Å². The summed E-state index contributed by atoms with van der Waals surface area (Å²) in [5, 5.41) is 49.4. The summed E-state index contributed by atoms with van der Waals surface area (Å²) in [5.74, 6) is -9.98. The van der Waals surface area contributed by atoms with Crippen LogP contribution in [-0.4, -0.2) is 187 Å². The standard InChI is InChI=1S/C52H90N16O13/c1-6-7-13-40(71)59-32(14-20-53)47(76)68-42(30(5)70)52(81)64-35(17-23-56)44(73)63-37-19-25-58-51(80)41(29(4)69)67-48(77)36(18-24-57)61-43(72)33(15-21-54)62-49(78)38(26-28(2)3)65-50(79)39(27-31-11-9-8-10-12-31)66-45(74)34(16-22-55)60-46(37)75/h8-12,28-30,32-39,41-42,69-70H,6-7,13-27,53-57H2,1-5H3,(H,58,80)(H,59,71)(H,60,75)(H,61,72)(H,62,78)(H,63,73)(H,64,81)(H,65,79)(H,66,74)(H,67,77)(H,68,76)/t29-,30-,32+,33+,34+,35+,36+,37+,38+,39-,41-,42-/m1/s1. The van der Waals surface area contributed by atoms with Gasteiger partial charge in [-0.25, -0.2) is 0 Å². The molecule has 11 amide bonds. The smallest absolute Gasteiger partial charge is 0.245 e. The second-order valence-corrected chi connectivity index (χ2v) is 20.4. The minimum Gasteiger partial charge on any atom is -0.391 e. The van der Waals surface area contributed by atoms with Crippen molar-refractivity contribution in [3.63, 3.8) is 0 Å². The summed E-state index contributed by atoms with van der Waals surface area (Å²) >= 11 is 0. The van der Waals surface area contributed by atoms with Crippen LogP contribution >= 0.6 is 0 Å². The Balaban J connectivity index is 2.72. The summed E-state index contributed by atoms with van der Waals surface area (Å²) in [6, 6.07) is -6.22. The first-order chi connectivity index (χ1) is 38.4. The fourth-order valence-electron chi connectivity index (χ4n) is 8.48. The van der Waals surface area contributed by atoms with E-state index in [1.165, 1.54) is 13.8 Å². The third kappa shape index (κ3) is 24.8. The maximum absolute atomic E-state index is 14.5. The molecule has 2 rings (SSSR count). The second kappa shape index (κ2) is 37.2. The number of nitrogens with two attached hydrogens (primary N) is 5. The fourth-order valence-corrected chi connectivity index (χ4v) is 8.48. The van der Waals surface area contributed by atoms with E-state index >= 15 is 0 Å². The van der Waals surface area contributed by atoms with Gasteiger partial charge in [0, 0.05) is 19.4 Å². The zero-order valence-electron chi connectivity index (χ0n) is 47.2. The van der Waals surface area contributed by atoms with E-state index in [0.717, 1.165) is 0 Å². The molecule has 0 radical (unpaired) electrons. The predicted octanol–water partition coefficient (Wildman–Crippen LogP) is -6.66. The van der Waals surface area contributed by atoms with Gasteiger partial charge in [0.15, 0.2) is 0 Å². The number of nitrogens with one attached hydrogen (secondary N) is 11. The average molecular weight is 1150 g/mol. The third-order valence-electron chi connectivity index (χ3n) is 13.0. The van der Waals surface area contributed by atoms with Crippen LogP contribution in [0.1, 0.15) is 104 Å². The number of aliphatic hydroxyl groups excluding tert-OH is 2. The van der Waals surface area contributed by atoms with Crippen molar-refractivity contribution in [1.82, 2.24) is 58.5 Å². The van der Waals surface area contributed by atoms with Crippen LogP contribution in [0.25, 0.3) is 0 Å². The number of amides is 11. The first-order valence-electron chi connectivity index (χ1n) is 27.7. The number of benzene rings is 1. The summed E-state index contributed by atoms with van der Waals surface area (Å²) in [7, 11) is 0. The van der Waals surface area contributed by atoms with Crippen LogP contribution in [0.2, 0.25) is 0 Å². The lowest BCUT2D eigenvalue weighted by Gasteiger charge is -2.29. The maximum Gasteiger partial charge on any atom is 0.245 e. The molecule has 1 fully saturated rings. The summed E-state index contributed by atoms with van der Waals surface area (Å²) in [5.41, 5.74) is 29.8. The molecule has 1 aromatic carbocycles. The van der Waals surface area contributed by atoms with Crippen molar-refractivity contribution in [3.8, 4) is 0 Å². The summed E-state index contributed by atoms with van der Waals surface area (Å²) < 4.78 is 0. The summed E-state index contributed by atoms with van der Waals surface area (Å²) in [4.78, 5) is 153. The first kappa shape index (κ1) is 70.2. The van der Waals surface area contributed by atoms with E-state index in [9.17, 15) is 63.0 Å². The van der Waals surface area contributed by atoms with Gasteiger partial charge in [-0.3, -0.25) is 52.7 Å². The number of unbranched alkanes of at least 4 members (excludes halogenated alkanes) is 1. The van der Waals surface area contributed by atoms with Crippen LogP contribution in [0.4, 0.5) is 0 Å². The van der Waals surface area contributed by atoms with Gasteiger partial charge in [0.05, 0.1) is 12.2 Å². The zero-order chi connectivity index (χ0) is 60.8. The molecule has 0 spiro atoms. The highest BCUT2D eigenvalue weighted by Gasteiger charge is 2.37. The molecule has 29 nitrogen and oxygen atoms in total. The largest absolute Gasteiger partial charge is 0.391 e. The van der Waals surface area contributed by atoms with Crippen LogP contribution in [0, 0.1) is 5.92 Å². The van der Waals surface area contributed by atoms with E-state index in [-0.39, 0.29) is 90.0 Å². The highest BCUT2D eigenvalue weighted by molar-refractivity contribution is 5.99. The van der Waals surface area contributed by atoms with E-state index in [2.05, 4.69) is 58.5 Å². The van der Waals surface area contributed by atoms with Gasteiger partial charge >= 0.3 is 0 Å². The molecule has 23 N–H and O–H groups in total. The molecular weight excluding hydrogens is 1060 g/mol. The van der Waals surface area contributed by atoms with Gasteiger partial charge in [0.25, 0.3) is 0 Å². The van der Waals surface area contributed by atoms with Crippen LogP contribution in [0.3, 0.4) is 0 Å². The lowest BCUT2D eigenvalue weighted by molar-refractivity contribution is -0.137. The van der Waals surface area contributed by atoms with Gasteiger partial charge in [0.1, 0.15) is 60.4 Å². The highest BCUT2D eigenvalue weighted by atomic mass is 16.3. The molecule has 0 saturated carbocycles. The fraction of sp³-hybridized carbons (Fsp3) is 0.673. The third-order valence-corrected chi connectivity index (χ3v) is 13.0. The lowest BCUT2D eigenvalue weighted by Crippen LogP contribution is -2.62. The monoisotopic (exact) mass is 1150 g/mol. The number of aliphatic hydroxyl groups is 2. The molecule has 456 valence electrons. The van der Waals surface area contributed by atoms with Crippen LogP contribution in [0.5, 0.6) is 0 Å². The Morgan fingerprint density at radius 2 is 1.06 bits per heavy atom. The quantitative estimate of drug-likeness (QED) is 0.0410. The van der Waals surface area contributed by atoms with Crippen molar-refractivity contribution in [2.75, 3.05) is 39.3 Å². The second-order valence-electron chi connectivity index (χ2n) is 20.4. The zero-order valence-corrected chi connectivity index (χ0v) is 47.2. The molecule has 29 heteroatoms. The van der Waals surface area contributed by atoms with Gasteiger partial charge in [0.2, 0.25) is 65.0 Å². The lowest BCUT2D eigenvalue weighted by atomic mass is 10.00. The van der Waals surface area contributed by atoms with E-state index in [1.807, 2.05) is 6.92 Å². The minimum atomic E-state index is -1.70. The van der Waals surface area contributed by atoms with E-state index in [4.69, 9.17) is 28.7 Å². The van der Waals surface area contributed by atoms with Crippen molar-refractivity contribution in [3.05, 3.63) is 35.9 Å². The molecule has 1 saturated heterocycles. The molecule has 0 aliphatic carbocycles. The number of carbonyl (C=O) groups is 11. The predicted molar refractivity (Wildman–Crippen MR) is 298 cm³/mol. The molecule has 1 aliphatic rings. The Labute approximate surface area is 472 Å². The van der Waals surface area contributed by atoms with Crippen LogP contribution < -0.4 is 87.2 Å². The Hall–Kier alpha value is -6.89. The molecule has 81 heavy (non-hydrogen) atoms. The van der Waals surface area contributed by atoms with Gasteiger partial charge < -0.3 is 97.4 Å². The van der Waals surface area contributed by atoms with Crippen molar-refractivity contribution >= 4 is 65.0 Å². The summed E-state index contributed by atoms with van der Waals surface area (Å²) in [6.07, 6.45) is -3.11. The number of hydrogen-bond donors (Lipinski definition) is 18. The van der Waals surface area contributed by atoms with Crippen molar-refractivity contribution in [2.24, 2.45) is 34.6 Å². The molecule has 12 atom stereocenters. The first-order valence-corrected chi connectivity index (χ1v) is 27.7. The Morgan fingerprint density at radius 3 is 1.56 bits per heavy atom. The Kier molecular flexibility index (Phi) is 32.2. The maximum atomic E-state index is 14.5. The van der Waals surface area contributed by atoms with Gasteiger partial charge in [-0.1, -0.05) is 57.5 Å². The minimum absolute atomic E-state index is 0.0180. The Morgan fingerprint density at radius 1 is 0.580 bits per heavy atom. The number of carbonyl (C=O) groups excluding carboxylic acids is 11. The van der Waals surface area contributed by atoms with E-state index in [1.54, 1.807) is 44.2 Å². The number of hydrogen-bond acceptors (Lipinski definition) is 18. The van der Waals surface area contributed by atoms with E-state index in [0.29, 0.717) is 18.4 Å².